The number of fused-ring (bicyclic) bond motifs is 1. The largest absolute Gasteiger partial charge is 0.497 e. The number of hydrogen-bond donors (Lipinski definition) is 1. The van der Waals surface area contributed by atoms with E-state index in [0.717, 1.165) is 18.7 Å². The average molecular weight is 277 g/mol. The first kappa shape index (κ1) is 13.1. The number of aliphatic hydroxyl groups excluding tert-OH is 1. The lowest BCUT2D eigenvalue weighted by Gasteiger charge is -2.22. The topological polar surface area (TPSA) is 60.2 Å². The molecule has 2 heterocycles. The number of methoxy groups -OCH3 is 1. The maximum absolute atomic E-state index is 14.1. The van der Waals surface area contributed by atoms with Crippen molar-refractivity contribution in [2.24, 2.45) is 5.92 Å². The zero-order chi connectivity index (χ0) is 14.1. The van der Waals surface area contributed by atoms with Gasteiger partial charge in [0.25, 0.3) is 0 Å². The third-order valence-electron chi connectivity index (χ3n) is 3.72. The van der Waals surface area contributed by atoms with Crippen molar-refractivity contribution in [2.45, 2.75) is 19.4 Å². The van der Waals surface area contributed by atoms with E-state index in [4.69, 9.17) is 4.74 Å². The summed E-state index contributed by atoms with van der Waals surface area (Å²) in [6.07, 6.45) is 1.65. The van der Waals surface area contributed by atoms with E-state index in [1.807, 2.05) is 4.57 Å². The molecule has 1 aliphatic rings. The standard InChI is InChI=1S/C14H16FN3O2/c1-20-10-3-4-11(12(15)6-10)14-17-16-13-5-2-9(8-19)7-18(13)14/h3-4,6,9,19H,2,5,7-8H2,1H3. The Kier molecular flexibility index (Phi) is 3.40. The lowest BCUT2D eigenvalue weighted by Crippen LogP contribution is -2.23. The highest BCUT2D eigenvalue weighted by Crippen LogP contribution is 2.28. The van der Waals surface area contributed by atoms with Crippen molar-refractivity contribution in [1.82, 2.24) is 14.8 Å². The molecule has 1 aromatic carbocycles. The van der Waals surface area contributed by atoms with E-state index < -0.39 is 0 Å². The summed E-state index contributed by atoms with van der Waals surface area (Å²) in [6, 6.07) is 4.68. The molecular formula is C14H16FN3O2. The zero-order valence-electron chi connectivity index (χ0n) is 11.2. The SMILES string of the molecule is COc1ccc(-c2nnc3n2CC(CO)CC3)c(F)c1. The minimum Gasteiger partial charge on any atom is -0.497 e. The predicted octanol–water partition coefficient (Wildman–Crippen LogP) is 1.65. The van der Waals surface area contributed by atoms with E-state index >= 15 is 0 Å². The van der Waals surface area contributed by atoms with Gasteiger partial charge in [-0.3, -0.25) is 0 Å². The van der Waals surface area contributed by atoms with Crippen LogP contribution in [0, 0.1) is 11.7 Å². The van der Waals surface area contributed by atoms with Gasteiger partial charge < -0.3 is 14.4 Å². The van der Waals surface area contributed by atoms with Crippen molar-refractivity contribution in [3.05, 3.63) is 29.8 Å². The second-order valence-corrected chi connectivity index (χ2v) is 4.98. The van der Waals surface area contributed by atoms with Gasteiger partial charge in [0.2, 0.25) is 0 Å². The molecule has 0 bridgehead atoms. The fraction of sp³-hybridized carbons (Fsp3) is 0.429. The Labute approximate surface area is 116 Å². The lowest BCUT2D eigenvalue weighted by molar-refractivity contribution is 0.191. The van der Waals surface area contributed by atoms with Gasteiger partial charge in [0.1, 0.15) is 17.4 Å². The second kappa shape index (κ2) is 5.20. The molecule has 1 atom stereocenters. The molecule has 6 heteroatoms. The van der Waals surface area contributed by atoms with Crippen LogP contribution < -0.4 is 4.74 Å². The first-order chi connectivity index (χ1) is 9.72. The molecule has 0 saturated heterocycles. The van der Waals surface area contributed by atoms with Crippen molar-refractivity contribution >= 4 is 0 Å². The molecule has 1 unspecified atom stereocenters. The van der Waals surface area contributed by atoms with E-state index in [-0.39, 0.29) is 18.3 Å². The van der Waals surface area contributed by atoms with Crippen molar-refractivity contribution in [3.8, 4) is 17.1 Å². The molecule has 2 aromatic rings. The van der Waals surface area contributed by atoms with Crippen LogP contribution >= 0.6 is 0 Å². The van der Waals surface area contributed by atoms with Crippen molar-refractivity contribution in [2.75, 3.05) is 13.7 Å². The smallest absolute Gasteiger partial charge is 0.166 e. The Balaban J connectivity index is 2.01. The Hall–Kier alpha value is -1.95. The minimum atomic E-state index is -0.384. The van der Waals surface area contributed by atoms with Gasteiger partial charge in [0.05, 0.1) is 12.7 Å². The number of benzene rings is 1. The lowest BCUT2D eigenvalue weighted by atomic mass is 10.00. The summed E-state index contributed by atoms with van der Waals surface area (Å²) in [6.45, 7) is 0.752. The fourth-order valence-corrected chi connectivity index (χ4v) is 2.55. The van der Waals surface area contributed by atoms with Crippen LogP contribution in [-0.2, 0) is 13.0 Å². The van der Waals surface area contributed by atoms with Gasteiger partial charge in [-0.05, 0) is 18.6 Å². The van der Waals surface area contributed by atoms with Crippen molar-refractivity contribution in [1.29, 1.82) is 0 Å². The number of aliphatic hydroxyl groups is 1. The van der Waals surface area contributed by atoms with Gasteiger partial charge in [-0.2, -0.15) is 0 Å². The quantitative estimate of drug-likeness (QED) is 0.926. The summed E-state index contributed by atoms with van der Waals surface area (Å²) in [5.74, 6) is 1.63. The molecule has 0 saturated carbocycles. The minimum absolute atomic E-state index is 0.127. The number of aromatic nitrogens is 3. The van der Waals surface area contributed by atoms with Crippen LogP contribution in [0.15, 0.2) is 18.2 Å². The highest BCUT2D eigenvalue weighted by Gasteiger charge is 2.24. The van der Waals surface area contributed by atoms with Gasteiger partial charge in [0.15, 0.2) is 5.82 Å². The summed E-state index contributed by atoms with van der Waals surface area (Å²) in [4.78, 5) is 0. The Morgan fingerprint density at radius 1 is 1.45 bits per heavy atom. The summed E-state index contributed by atoms with van der Waals surface area (Å²) < 4.78 is 21.0. The summed E-state index contributed by atoms with van der Waals surface area (Å²) >= 11 is 0. The summed E-state index contributed by atoms with van der Waals surface area (Å²) in [7, 11) is 1.50. The molecule has 0 aliphatic carbocycles. The number of ether oxygens (including phenoxy) is 1. The van der Waals surface area contributed by atoms with Crippen molar-refractivity contribution in [3.63, 3.8) is 0 Å². The highest BCUT2D eigenvalue weighted by atomic mass is 19.1. The first-order valence-electron chi connectivity index (χ1n) is 6.59. The molecule has 106 valence electrons. The maximum Gasteiger partial charge on any atom is 0.166 e. The first-order valence-corrected chi connectivity index (χ1v) is 6.59. The normalized spacial score (nSPS) is 17.9. The third kappa shape index (κ3) is 2.16. The van der Waals surface area contributed by atoms with E-state index in [2.05, 4.69) is 10.2 Å². The average Bonchev–Trinajstić information content (AvgIpc) is 2.89. The highest BCUT2D eigenvalue weighted by molar-refractivity contribution is 5.58. The Morgan fingerprint density at radius 2 is 2.30 bits per heavy atom. The van der Waals surface area contributed by atoms with E-state index in [9.17, 15) is 9.50 Å². The van der Waals surface area contributed by atoms with Crippen LogP contribution in [0.25, 0.3) is 11.4 Å². The number of nitrogens with zero attached hydrogens (tertiary/aromatic N) is 3. The molecular weight excluding hydrogens is 261 g/mol. The molecule has 5 nitrogen and oxygen atoms in total. The summed E-state index contributed by atoms with van der Waals surface area (Å²) in [5.41, 5.74) is 0.406. The zero-order valence-corrected chi connectivity index (χ0v) is 11.2. The van der Waals surface area contributed by atoms with Gasteiger partial charge >= 0.3 is 0 Å². The van der Waals surface area contributed by atoms with Crippen LogP contribution in [0.3, 0.4) is 0 Å². The van der Waals surface area contributed by atoms with Gasteiger partial charge in [-0.1, -0.05) is 0 Å². The van der Waals surface area contributed by atoms with Crippen LogP contribution in [0.4, 0.5) is 4.39 Å². The fourth-order valence-electron chi connectivity index (χ4n) is 2.55. The number of halogens is 1. The van der Waals surface area contributed by atoms with Crippen molar-refractivity contribution < 1.29 is 14.2 Å². The molecule has 1 aromatic heterocycles. The Bertz CT molecular complexity index is 627. The van der Waals surface area contributed by atoms with Crippen LogP contribution in [0.2, 0.25) is 0 Å². The second-order valence-electron chi connectivity index (χ2n) is 4.98. The van der Waals surface area contributed by atoms with Crippen LogP contribution in [0.1, 0.15) is 12.2 Å². The number of hydrogen-bond acceptors (Lipinski definition) is 4. The predicted molar refractivity (Wildman–Crippen MR) is 70.9 cm³/mol. The Morgan fingerprint density at radius 3 is 3.00 bits per heavy atom. The molecule has 0 fully saturated rings. The molecule has 0 spiro atoms. The molecule has 1 aliphatic heterocycles. The van der Waals surface area contributed by atoms with E-state index in [1.54, 1.807) is 12.1 Å². The number of aryl methyl sites for hydroxylation is 1. The molecule has 0 radical (unpaired) electrons. The molecule has 3 rings (SSSR count). The van der Waals surface area contributed by atoms with Gasteiger partial charge in [-0.15, -0.1) is 10.2 Å². The van der Waals surface area contributed by atoms with Crippen LogP contribution in [-0.4, -0.2) is 33.6 Å². The van der Waals surface area contributed by atoms with Crippen LogP contribution in [0.5, 0.6) is 5.75 Å². The van der Waals surface area contributed by atoms with Gasteiger partial charge in [-0.25, -0.2) is 4.39 Å². The molecule has 0 amide bonds. The maximum atomic E-state index is 14.1. The summed E-state index contributed by atoms with van der Waals surface area (Å²) in [5, 5.41) is 17.5. The monoisotopic (exact) mass is 277 g/mol. The molecule has 1 N–H and O–H groups in total. The third-order valence-corrected chi connectivity index (χ3v) is 3.72. The molecule has 20 heavy (non-hydrogen) atoms. The van der Waals surface area contributed by atoms with E-state index in [0.29, 0.717) is 23.7 Å². The number of rotatable bonds is 3. The van der Waals surface area contributed by atoms with E-state index in [1.165, 1.54) is 13.2 Å². The van der Waals surface area contributed by atoms with Gasteiger partial charge in [0, 0.05) is 31.6 Å².